The number of hydrogen-bond acceptors (Lipinski definition) is 1. The Morgan fingerprint density at radius 3 is 2.36 bits per heavy atom. The van der Waals surface area contributed by atoms with E-state index in [0.717, 1.165) is 6.42 Å². The minimum atomic E-state index is -0.559. The summed E-state index contributed by atoms with van der Waals surface area (Å²) in [5.74, 6) is 0. The van der Waals surface area contributed by atoms with Gasteiger partial charge in [-0.15, -0.1) is 0 Å². The Balaban J connectivity index is 0.000001000. The minimum Gasteiger partial charge on any atom is -1.00 e. The lowest BCUT2D eigenvalue weighted by molar-refractivity contribution is -0.00000253. The molecule has 0 bridgehead atoms. The first-order valence-electron chi connectivity index (χ1n) is 3.97. The zero-order valence-electron chi connectivity index (χ0n) is 7.02. The molecule has 0 aliphatic carbocycles. The van der Waals surface area contributed by atoms with Crippen molar-refractivity contribution in [1.82, 2.24) is 0 Å². The average Bonchev–Trinajstić information content (AvgIpc) is 2.33. The minimum absolute atomic E-state index is 0. The van der Waals surface area contributed by atoms with E-state index in [1.54, 1.807) is 0 Å². The van der Waals surface area contributed by atoms with Crippen LogP contribution in [0.15, 0.2) is 0 Å². The molecule has 0 radical (unpaired) electrons. The summed E-state index contributed by atoms with van der Waals surface area (Å²) in [6.07, 6.45) is 7.78. The second kappa shape index (κ2) is 4.96. The molecule has 0 unspecified atom stereocenters. The van der Waals surface area contributed by atoms with Crippen molar-refractivity contribution in [3.8, 4) is 6.07 Å². The van der Waals surface area contributed by atoms with Crippen molar-refractivity contribution in [1.29, 1.82) is 5.26 Å². The van der Waals surface area contributed by atoms with Gasteiger partial charge in [0, 0.05) is 13.9 Å². The number of nitriles is 1. The summed E-state index contributed by atoms with van der Waals surface area (Å²) in [7, 11) is -0.559. The fourth-order valence-electron chi connectivity index (χ4n) is 1.64. The van der Waals surface area contributed by atoms with Gasteiger partial charge < -0.3 is 12.4 Å². The predicted octanol–water partition coefficient (Wildman–Crippen LogP) is -0.655. The molecule has 1 rings (SSSR count). The molecule has 0 atom stereocenters. The average molecular weight is 192 g/mol. The molecule has 0 aromatic heterocycles. The van der Waals surface area contributed by atoms with Crippen LogP contribution in [0, 0.1) is 11.3 Å². The van der Waals surface area contributed by atoms with Crippen LogP contribution in [0.25, 0.3) is 0 Å². The zero-order chi connectivity index (χ0) is 7.45. The van der Waals surface area contributed by atoms with Crippen LogP contribution < -0.4 is 12.4 Å². The largest absolute Gasteiger partial charge is 1.00 e. The lowest BCUT2D eigenvalue weighted by Crippen LogP contribution is -3.00. The van der Waals surface area contributed by atoms with Crippen LogP contribution in [0.5, 0.6) is 0 Å². The van der Waals surface area contributed by atoms with Gasteiger partial charge in [0.05, 0.1) is 31.0 Å². The lowest BCUT2D eigenvalue weighted by Gasteiger charge is -2.13. The van der Waals surface area contributed by atoms with Crippen LogP contribution in [0.3, 0.4) is 0 Å². The molecule has 0 aromatic rings. The van der Waals surface area contributed by atoms with Crippen LogP contribution >= 0.6 is 7.26 Å². The third-order valence-electron chi connectivity index (χ3n) is 2.41. The van der Waals surface area contributed by atoms with E-state index in [2.05, 4.69) is 12.7 Å². The second-order valence-electron chi connectivity index (χ2n) is 3.41. The third kappa shape index (κ3) is 3.41. The Morgan fingerprint density at radius 1 is 1.36 bits per heavy atom. The van der Waals surface area contributed by atoms with Gasteiger partial charge in [-0.2, -0.15) is 5.26 Å². The summed E-state index contributed by atoms with van der Waals surface area (Å²) in [6, 6.07) is 2.25. The second-order valence-corrected chi connectivity index (χ2v) is 7.99. The SMILES string of the molecule is C[P+]1(CCC#N)CCCC1.[Cl-]. The van der Waals surface area contributed by atoms with Crippen LogP contribution in [-0.2, 0) is 0 Å². The van der Waals surface area contributed by atoms with Gasteiger partial charge in [-0.25, -0.2) is 0 Å². The van der Waals surface area contributed by atoms with Crippen LogP contribution in [-0.4, -0.2) is 25.2 Å². The fraction of sp³-hybridized carbons (Fsp3) is 0.875. The molecule has 1 heterocycles. The standard InChI is InChI=1S/C8H15NP.ClH/c1-10(8-4-5-9)6-2-3-7-10;/h2-4,6-8H2,1H3;1H/q+1;/p-1. The van der Waals surface area contributed by atoms with Crippen molar-refractivity contribution >= 4 is 7.26 Å². The molecule has 0 aromatic carbocycles. The highest BCUT2D eigenvalue weighted by Gasteiger charge is 2.34. The number of nitrogens with zero attached hydrogens (tertiary/aromatic N) is 1. The maximum atomic E-state index is 8.41. The highest BCUT2D eigenvalue weighted by Crippen LogP contribution is 2.60. The van der Waals surface area contributed by atoms with Crippen molar-refractivity contribution < 1.29 is 12.4 Å². The van der Waals surface area contributed by atoms with E-state index in [0.29, 0.717) is 0 Å². The van der Waals surface area contributed by atoms with Crippen LogP contribution in [0.4, 0.5) is 0 Å². The molecule has 1 saturated heterocycles. The summed E-state index contributed by atoms with van der Waals surface area (Å²) >= 11 is 0. The molecular weight excluding hydrogens is 177 g/mol. The molecule has 0 saturated carbocycles. The number of hydrogen-bond donors (Lipinski definition) is 0. The van der Waals surface area contributed by atoms with Crippen molar-refractivity contribution in [2.75, 3.05) is 25.2 Å². The molecule has 1 aliphatic heterocycles. The normalized spacial score (nSPS) is 20.4. The first kappa shape index (κ1) is 11.2. The van der Waals surface area contributed by atoms with Gasteiger partial charge in [0.1, 0.15) is 0 Å². The van der Waals surface area contributed by atoms with E-state index >= 15 is 0 Å². The Labute approximate surface area is 75.9 Å². The molecule has 3 heteroatoms. The Kier molecular flexibility index (Phi) is 5.06. The summed E-state index contributed by atoms with van der Waals surface area (Å²) < 4.78 is 0. The summed E-state index contributed by atoms with van der Waals surface area (Å²) in [5, 5.41) is 8.41. The van der Waals surface area contributed by atoms with Crippen molar-refractivity contribution in [3.63, 3.8) is 0 Å². The first-order valence-corrected chi connectivity index (χ1v) is 6.76. The van der Waals surface area contributed by atoms with E-state index in [9.17, 15) is 0 Å². The molecule has 64 valence electrons. The van der Waals surface area contributed by atoms with Gasteiger partial charge in [-0.1, -0.05) is 0 Å². The Bertz CT molecular complexity index is 147. The van der Waals surface area contributed by atoms with E-state index in [1.807, 2.05) is 0 Å². The molecule has 0 spiro atoms. The van der Waals surface area contributed by atoms with Gasteiger partial charge in [0.25, 0.3) is 0 Å². The number of halogens is 1. The van der Waals surface area contributed by atoms with Gasteiger partial charge in [0.15, 0.2) is 0 Å². The quantitative estimate of drug-likeness (QED) is 0.532. The molecule has 11 heavy (non-hydrogen) atoms. The van der Waals surface area contributed by atoms with Crippen molar-refractivity contribution in [3.05, 3.63) is 0 Å². The molecule has 1 fully saturated rings. The van der Waals surface area contributed by atoms with Gasteiger partial charge in [0.2, 0.25) is 0 Å². The first-order chi connectivity index (χ1) is 4.77. The summed E-state index contributed by atoms with van der Waals surface area (Å²) in [5.41, 5.74) is 0. The molecular formula is C8H15ClNP. The monoisotopic (exact) mass is 191 g/mol. The molecule has 0 amide bonds. The van der Waals surface area contributed by atoms with E-state index in [4.69, 9.17) is 5.26 Å². The summed E-state index contributed by atoms with van der Waals surface area (Å²) in [4.78, 5) is 0. The van der Waals surface area contributed by atoms with Crippen LogP contribution in [0.2, 0.25) is 0 Å². The maximum absolute atomic E-state index is 8.41. The van der Waals surface area contributed by atoms with Gasteiger partial charge in [-0.05, 0) is 12.8 Å². The van der Waals surface area contributed by atoms with E-state index < -0.39 is 7.26 Å². The topological polar surface area (TPSA) is 23.8 Å². The van der Waals surface area contributed by atoms with E-state index in [1.165, 1.54) is 31.3 Å². The van der Waals surface area contributed by atoms with Crippen molar-refractivity contribution in [2.24, 2.45) is 0 Å². The maximum Gasteiger partial charge on any atom is 0.0721 e. The van der Waals surface area contributed by atoms with Crippen molar-refractivity contribution in [2.45, 2.75) is 19.3 Å². The smallest absolute Gasteiger partial charge is 0.0721 e. The fourth-order valence-corrected chi connectivity index (χ4v) is 4.93. The molecule has 1 aliphatic rings. The van der Waals surface area contributed by atoms with Crippen LogP contribution in [0.1, 0.15) is 19.3 Å². The highest BCUT2D eigenvalue weighted by molar-refractivity contribution is 7.75. The lowest BCUT2D eigenvalue weighted by atomic mass is 10.4. The van der Waals surface area contributed by atoms with Gasteiger partial charge in [-0.3, -0.25) is 0 Å². The zero-order valence-corrected chi connectivity index (χ0v) is 8.67. The predicted molar refractivity (Wildman–Crippen MR) is 46.9 cm³/mol. The highest BCUT2D eigenvalue weighted by atomic mass is 35.5. The van der Waals surface area contributed by atoms with E-state index in [-0.39, 0.29) is 12.4 Å². The van der Waals surface area contributed by atoms with Gasteiger partial charge >= 0.3 is 0 Å². The number of rotatable bonds is 2. The summed E-state index contributed by atoms with van der Waals surface area (Å²) in [6.45, 7) is 2.43. The Hall–Kier alpha value is 0.210. The third-order valence-corrected chi connectivity index (χ3v) is 6.50. The Morgan fingerprint density at radius 2 is 1.91 bits per heavy atom. The molecule has 0 N–H and O–H groups in total. The molecule has 1 nitrogen and oxygen atoms in total.